The van der Waals surface area contributed by atoms with Crippen LogP contribution in [0.25, 0.3) is 0 Å². The number of piperidine rings is 1. The summed E-state index contributed by atoms with van der Waals surface area (Å²) in [5, 5.41) is 5.67. The van der Waals surface area contributed by atoms with Crippen molar-refractivity contribution in [3.8, 4) is 0 Å². The van der Waals surface area contributed by atoms with Gasteiger partial charge in [-0.25, -0.2) is 9.18 Å². The molecular formula is C27H30FN3O. The molecule has 1 saturated heterocycles. The quantitative estimate of drug-likeness (QED) is 0.485. The summed E-state index contributed by atoms with van der Waals surface area (Å²) in [5.41, 5.74) is 2.66. The number of para-hydroxylation sites is 1. The predicted octanol–water partition coefficient (Wildman–Crippen LogP) is 5.96. The van der Waals surface area contributed by atoms with Crippen LogP contribution in [0.15, 0.2) is 84.9 Å². The zero-order valence-electron chi connectivity index (χ0n) is 18.2. The van der Waals surface area contributed by atoms with Gasteiger partial charge in [-0.1, -0.05) is 72.8 Å². The molecule has 5 heteroatoms. The molecule has 0 radical (unpaired) electrons. The Morgan fingerprint density at radius 2 is 1.53 bits per heavy atom. The average Bonchev–Trinajstić information content (AvgIpc) is 2.84. The van der Waals surface area contributed by atoms with Crippen molar-refractivity contribution in [3.05, 3.63) is 102 Å². The zero-order chi connectivity index (χ0) is 22.2. The molecule has 0 saturated carbocycles. The maximum absolute atomic E-state index is 13.9. The van der Waals surface area contributed by atoms with E-state index in [1.54, 1.807) is 18.2 Å². The fraction of sp³-hybridized carbons (Fsp3) is 0.296. The van der Waals surface area contributed by atoms with Crippen molar-refractivity contribution in [2.75, 3.05) is 25.0 Å². The van der Waals surface area contributed by atoms with Crippen LogP contribution in [0.2, 0.25) is 0 Å². The molecule has 0 bridgehead atoms. The second kappa shape index (κ2) is 10.9. The van der Waals surface area contributed by atoms with Gasteiger partial charge in [-0.15, -0.1) is 0 Å². The molecule has 1 aliphatic rings. The standard InChI is InChI=1S/C27H30FN3O/c28-24-13-7-8-14-26(24)30-27(32)29-25(23-11-5-2-6-12-23)17-20-31-18-15-22(16-19-31)21-9-3-1-4-10-21/h1-14,22,25H,15-20H2,(H2,29,30,32)/t25-/m0/s1. The number of anilines is 1. The van der Waals surface area contributed by atoms with Crippen LogP contribution in [-0.4, -0.2) is 30.6 Å². The number of nitrogens with one attached hydrogen (secondary N) is 2. The van der Waals surface area contributed by atoms with E-state index >= 15 is 0 Å². The van der Waals surface area contributed by atoms with Crippen molar-refractivity contribution >= 4 is 11.7 Å². The number of nitrogens with zero attached hydrogens (tertiary/aromatic N) is 1. The fourth-order valence-corrected chi connectivity index (χ4v) is 4.41. The summed E-state index contributed by atoms with van der Waals surface area (Å²) in [7, 11) is 0. The van der Waals surface area contributed by atoms with Gasteiger partial charge in [-0.2, -0.15) is 0 Å². The highest BCUT2D eigenvalue weighted by atomic mass is 19.1. The SMILES string of the molecule is O=C(Nc1ccccc1F)N[C@@H](CCN1CCC(c2ccccc2)CC1)c1ccccc1. The number of carbonyl (C=O) groups is 1. The second-order valence-corrected chi connectivity index (χ2v) is 8.36. The third-order valence-electron chi connectivity index (χ3n) is 6.22. The minimum Gasteiger partial charge on any atom is -0.331 e. The first-order chi connectivity index (χ1) is 15.7. The monoisotopic (exact) mass is 431 g/mol. The smallest absolute Gasteiger partial charge is 0.319 e. The Morgan fingerprint density at radius 3 is 2.22 bits per heavy atom. The lowest BCUT2D eigenvalue weighted by molar-refractivity contribution is 0.201. The third kappa shape index (κ3) is 5.95. The molecule has 3 aromatic rings. The van der Waals surface area contributed by atoms with Gasteiger partial charge in [0.2, 0.25) is 0 Å². The molecule has 166 valence electrons. The van der Waals surface area contributed by atoms with E-state index in [9.17, 15) is 9.18 Å². The Bertz CT molecular complexity index is 988. The zero-order valence-corrected chi connectivity index (χ0v) is 18.2. The largest absolute Gasteiger partial charge is 0.331 e. The molecule has 2 amide bonds. The van der Waals surface area contributed by atoms with E-state index < -0.39 is 11.8 Å². The highest BCUT2D eigenvalue weighted by molar-refractivity contribution is 5.89. The number of urea groups is 1. The summed E-state index contributed by atoms with van der Waals surface area (Å²) in [5.74, 6) is 0.183. The summed E-state index contributed by atoms with van der Waals surface area (Å²) < 4.78 is 13.9. The van der Waals surface area contributed by atoms with E-state index in [4.69, 9.17) is 0 Å². The van der Waals surface area contributed by atoms with Crippen LogP contribution in [0.1, 0.15) is 42.3 Å². The minimum absolute atomic E-state index is 0.144. The molecule has 1 aliphatic heterocycles. The Hall–Kier alpha value is -3.18. The first-order valence-electron chi connectivity index (χ1n) is 11.3. The summed E-state index contributed by atoms with van der Waals surface area (Å²) in [6, 6.07) is 26.4. The van der Waals surface area contributed by atoms with Crippen LogP contribution in [0, 0.1) is 5.82 Å². The number of hydrogen-bond donors (Lipinski definition) is 2. The highest BCUT2D eigenvalue weighted by Gasteiger charge is 2.22. The molecule has 0 aliphatic carbocycles. The maximum Gasteiger partial charge on any atom is 0.319 e. The number of hydrogen-bond acceptors (Lipinski definition) is 2. The lowest BCUT2D eigenvalue weighted by atomic mass is 9.89. The maximum atomic E-state index is 13.9. The van der Waals surface area contributed by atoms with Crippen LogP contribution in [0.4, 0.5) is 14.9 Å². The Morgan fingerprint density at radius 1 is 0.906 bits per heavy atom. The lowest BCUT2D eigenvalue weighted by Crippen LogP contribution is -2.38. The first-order valence-corrected chi connectivity index (χ1v) is 11.3. The number of halogens is 1. The first kappa shape index (κ1) is 22.0. The van der Waals surface area contributed by atoms with E-state index in [0.717, 1.165) is 44.5 Å². The normalized spacial score (nSPS) is 15.8. The van der Waals surface area contributed by atoms with Gasteiger partial charge in [0.05, 0.1) is 11.7 Å². The Kier molecular flexibility index (Phi) is 7.51. The molecule has 0 unspecified atom stereocenters. The molecule has 4 rings (SSSR count). The van der Waals surface area contributed by atoms with Crippen molar-refractivity contribution < 1.29 is 9.18 Å². The molecule has 1 fully saturated rings. The van der Waals surface area contributed by atoms with Gasteiger partial charge in [0, 0.05) is 6.54 Å². The predicted molar refractivity (Wildman–Crippen MR) is 127 cm³/mol. The van der Waals surface area contributed by atoms with Crippen LogP contribution in [0.3, 0.4) is 0 Å². The number of rotatable bonds is 7. The van der Waals surface area contributed by atoms with Gasteiger partial charge in [-0.3, -0.25) is 0 Å². The van der Waals surface area contributed by atoms with Crippen molar-refractivity contribution in [3.63, 3.8) is 0 Å². The van der Waals surface area contributed by atoms with Crippen LogP contribution in [0.5, 0.6) is 0 Å². The van der Waals surface area contributed by atoms with Crippen molar-refractivity contribution in [1.82, 2.24) is 10.2 Å². The minimum atomic E-state index is -0.444. The van der Waals surface area contributed by atoms with Crippen molar-refractivity contribution in [2.45, 2.75) is 31.2 Å². The van der Waals surface area contributed by atoms with Crippen LogP contribution >= 0.6 is 0 Å². The van der Waals surface area contributed by atoms with E-state index in [2.05, 4.69) is 45.9 Å². The molecule has 4 nitrogen and oxygen atoms in total. The number of amides is 2. The topological polar surface area (TPSA) is 44.4 Å². The summed E-state index contributed by atoms with van der Waals surface area (Å²) in [6.45, 7) is 3.02. The third-order valence-corrected chi connectivity index (χ3v) is 6.22. The number of benzene rings is 3. The molecule has 1 heterocycles. The molecule has 32 heavy (non-hydrogen) atoms. The Balaban J connectivity index is 1.33. The molecule has 3 aromatic carbocycles. The molecule has 0 aromatic heterocycles. The van der Waals surface area contributed by atoms with Crippen LogP contribution < -0.4 is 10.6 Å². The fourth-order valence-electron chi connectivity index (χ4n) is 4.41. The van der Waals surface area contributed by atoms with Gasteiger partial charge >= 0.3 is 6.03 Å². The Labute approximate surface area is 189 Å². The van der Waals surface area contributed by atoms with E-state index in [1.165, 1.54) is 11.6 Å². The van der Waals surface area contributed by atoms with Gasteiger partial charge in [0.25, 0.3) is 0 Å². The van der Waals surface area contributed by atoms with Crippen molar-refractivity contribution in [1.29, 1.82) is 0 Å². The molecule has 1 atom stereocenters. The van der Waals surface area contributed by atoms with E-state index in [1.807, 2.05) is 30.3 Å². The van der Waals surface area contributed by atoms with E-state index in [0.29, 0.717) is 5.92 Å². The molecule has 0 spiro atoms. The summed E-state index contributed by atoms with van der Waals surface area (Å²) in [4.78, 5) is 15.1. The number of likely N-dealkylation sites (tertiary alicyclic amines) is 1. The lowest BCUT2D eigenvalue weighted by Gasteiger charge is -2.33. The molecular weight excluding hydrogens is 401 g/mol. The van der Waals surface area contributed by atoms with Gasteiger partial charge in [0.15, 0.2) is 0 Å². The number of carbonyl (C=O) groups excluding carboxylic acids is 1. The van der Waals surface area contributed by atoms with Gasteiger partial charge in [0.1, 0.15) is 5.82 Å². The highest BCUT2D eigenvalue weighted by Crippen LogP contribution is 2.28. The van der Waals surface area contributed by atoms with Gasteiger partial charge < -0.3 is 15.5 Å². The summed E-state index contributed by atoms with van der Waals surface area (Å²) >= 11 is 0. The summed E-state index contributed by atoms with van der Waals surface area (Å²) in [6.07, 6.45) is 3.10. The van der Waals surface area contributed by atoms with Gasteiger partial charge in [-0.05, 0) is 61.5 Å². The van der Waals surface area contributed by atoms with Crippen LogP contribution in [-0.2, 0) is 0 Å². The average molecular weight is 432 g/mol. The molecule has 2 N–H and O–H groups in total. The second-order valence-electron chi connectivity index (χ2n) is 8.36. The van der Waals surface area contributed by atoms with E-state index in [-0.39, 0.29) is 11.7 Å². The van der Waals surface area contributed by atoms with Crippen molar-refractivity contribution in [2.24, 2.45) is 0 Å².